The second-order valence-corrected chi connectivity index (χ2v) is 8.15. The maximum Gasteiger partial charge on any atom is 0.315 e. The molecule has 7 heteroatoms. The molecule has 5 nitrogen and oxygen atoms in total. The van der Waals surface area contributed by atoms with Gasteiger partial charge in [-0.15, -0.1) is 11.3 Å². The first-order valence-corrected chi connectivity index (χ1v) is 9.30. The van der Waals surface area contributed by atoms with Crippen LogP contribution < -0.4 is 10.6 Å². The Kier molecular flexibility index (Phi) is 5.11. The van der Waals surface area contributed by atoms with Gasteiger partial charge in [-0.2, -0.15) is 0 Å². The van der Waals surface area contributed by atoms with Crippen molar-refractivity contribution in [2.75, 3.05) is 0 Å². The lowest BCUT2D eigenvalue weighted by atomic mass is 9.86. The van der Waals surface area contributed by atoms with Crippen molar-refractivity contribution in [2.24, 2.45) is 5.92 Å². The quantitative estimate of drug-likeness (QED) is 0.772. The predicted molar refractivity (Wildman–Crippen MR) is 90.1 cm³/mol. The molecule has 0 aliphatic heterocycles. The molecular formula is C16H21ClN2O3S. The second-order valence-electron chi connectivity index (χ2n) is 6.38. The van der Waals surface area contributed by atoms with E-state index in [1.165, 1.54) is 4.88 Å². The number of nitrogens with one attached hydrogen (secondary N) is 2. The Morgan fingerprint density at radius 3 is 2.61 bits per heavy atom. The second kappa shape index (κ2) is 7.09. The monoisotopic (exact) mass is 356 g/mol. The molecule has 1 aromatic heterocycles. The predicted octanol–water partition coefficient (Wildman–Crippen LogP) is 3.72. The van der Waals surface area contributed by atoms with E-state index in [1.54, 1.807) is 11.3 Å². The van der Waals surface area contributed by atoms with Gasteiger partial charge >= 0.3 is 12.0 Å². The molecule has 0 radical (unpaired) electrons. The lowest BCUT2D eigenvalue weighted by molar-refractivity contribution is -0.142. The van der Waals surface area contributed by atoms with E-state index in [4.69, 9.17) is 16.7 Å². The fourth-order valence-electron chi connectivity index (χ4n) is 3.54. The fraction of sp³-hybridized carbons (Fsp3) is 0.625. The number of carbonyl (C=O) groups excluding carboxylic acids is 1. The van der Waals surface area contributed by atoms with Crippen molar-refractivity contribution in [2.45, 2.75) is 57.0 Å². The minimum absolute atomic E-state index is 0.0258. The number of carboxylic acid groups (broad SMARTS) is 1. The summed E-state index contributed by atoms with van der Waals surface area (Å²) in [5.41, 5.74) is 1.15. The van der Waals surface area contributed by atoms with Crippen molar-refractivity contribution in [1.29, 1.82) is 0 Å². The standard InChI is InChI=1S/C16H21ClN2O3S/c17-14-8-11-12(2-1-3-13(11)23-14)19-16(22)18-10-6-4-9(5-7-10)15(20)21/h8-10,12H,1-7H2,(H,20,21)(H2,18,19,22). The summed E-state index contributed by atoms with van der Waals surface area (Å²) in [6.45, 7) is 0. The van der Waals surface area contributed by atoms with Gasteiger partial charge in [0, 0.05) is 10.9 Å². The Balaban J connectivity index is 1.52. The fourth-order valence-corrected chi connectivity index (χ4v) is 4.92. The topological polar surface area (TPSA) is 78.4 Å². The Hall–Kier alpha value is -1.27. The zero-order chi connectivity index (χ0) is 16.4. The number of hydrogen-bond donors (Lipinski definition) is 3. The van der Waals surface area contributed by atoms with Gasteiger partial charge < -0.3 is 15.7 Å². The van der Waals surface area contributed by atoms with Crippen LogP contribution >= 0.6 is 22.9 Å². The van der Waals surface area contributed by atoms with Gasteiger partial charge in [-0.3, -0.25) is 4.79 Å². The minimum atomic E-state index is -0.725. The zero-order valence-corrected chi connectivity index (χ0v) is 14.4. The number of amides is 2. The minimum Gasteiger partial charge on any atom is -0.481 e. The highest BCUT2D eigenvalue weighted by molar-refractivity contribution is 7.16. The van der Waals surface area contributed by atoms with Gasteiger partial charge in [-0.1, -0.05) is 11.6 Å². The maximum absolute atomic E-state index is 12.2. The lowest BCUT2D eigenvalue weighted by Gasteiger charge is -2.29. The molecule has 0 spiro atoms. The summed E-state index contributed by atoms with van der Waals surface area (Å²) >= 11 is 7.69. The molecule has 0 aromatic carbocycles. The highest BCUT2D eigenvalue weighted by Crippen LogP contribution is 2.37. The van der Waals surface area contributed by atoms with Crippen molar-refractivity contribution < 1.29 is 14.7 Å². The van der Waals surface area contributed by atoms with E-state index in [2.05, 4.69) is 10.6 Å². The Bertz CT molecular complexity index is 596. The van der Waals surface area contributed by atoms with E-state index in [9.17, 15) is 9.59 Å². The van der Waals surface area contributed by atoms with Crippen LogP contribution in [-0.4, -0.2) is 23.1 Å². The molecular weight excluding hydrogens is 336 g/mol. The van der Waals surface area contributed by atoms with Crippen molar-refractivity contribution in [3.63, 3.8) is 0 Å². The molecule has 0 saturated heterocycles. The van der Waals surface area contributed by atoms with Crippen LogP contribution in [0.4, 0.5) is 4.79 Å². The SMILES string of the molecule is O=C(NC1CCC(C(=O)O)CC1)NC1CCCc2sc(Cl)cc21. The third-order valence-electron chi connectivity index (χ3n) is 4.80. The highest BCUT2D eigenvalue weighted by atomic mass is 35.5. The van der Waals surface area contributed by atoms with E-state index < -0.39 is 5.97 Å². The number of thiophene rings is 1. The summed E-state index contributed by atoms with van der Waals surface area (Å²) in [5.74, 6) is -0.984. The average molecular weight is 357 g/mol. The third kappa shape index (κ3) is 3.98. The molecule has 1 fully saturated rings. The largest absolute Gasteiger partial charge is 0.481 e. The van der Waals surface area contributed by atoms with Gasteiger partial charge in [0.1, 0.15) is 0 Å². The van der Waals surface area contributed by atoms with Crippen LogP contribution in [0.3, 0.4) is 0 Å². The maximum atomic E-state index is 12.2. The molecule has 1 aromatic rings. The number of halogens is 1. The van der Waals surface area contributed by atoms with Crippen LogP contribution in [-0.2, 0) is 11.2 Å². The molecule has 1 atom stereocenters. The lowest BCUT2D eigenvalue weighted by Crippen LogP contribution is -2.45. The Labute approximate surface area is 144 Å². The summed E-state index contributed by atoms with van der Waals surface area (Å²) in [7, 11) is 0. The Morgan fingerprint density at radius 1 is 1.17 bits per heavy atom. The molecule has 1 heterocycles. The summed E-state index contributed by atoms with van der Waals surface area (Å²) in [5, 5.41) is 15.1. The first-order valence-electron chi connectivity index (χ1n) is 8.11. The van der Waals surface area contributed by atoms with E-state index in [-0.39, 0.29) is 24.0 Å². The smallest absolute Gasteiger partial charge is 0.315 e. The number of hydrogen-bond acceptors (Lipinski definition) is 3. The highest BCUT2D eigenvalue weighted by Gasteiger charge is 2.28. The molecule has 2 aliphatic rings. The summed E-state index contributed by atoms with van der Waals surface area (Å²) in [4.78, 5) is 24.5. The molecule has 126 valence electrons. The number of urea groups is 1. The molecule has 0 bridgehead atoms. The average Bonchev–Trinajstić information content (AvgIpc) is 2.89. The first-order chi connectivity index (χ1) is 11.0. The number of carboxylic acids is 1. The number of fused-ring (bicyclic) bond motifs is 1. The van der Waals surface area contributed by atoms with Crippen LogP contribution in [0.5, 0.6) is 0 Å². The molecule has 1 unspecified atom stereocenters. The third-order valence-corrected chi connectivity index (χ3v) is 6.14. The molecule has 1 saturated carbocycles. The molecule has 2 aliphatic carbocycles. The van der Waals surface area contributed by atoms with Gasteiger partial charge in [-0.25, -0.2) is 4.79 Å². The van der Waals surface area contributed by atoms with Crippen LogP contribution in [0.15, 0.2) is 6.07 Å². The van der Waals surface area contributed by atoms with Gasteiger partial charge in [0.15, 0.2) is 0 Å². The van der Waals surface area contributed by atoms with E-state index in [1.807, 2.05) is 6.07 Å². The van der Waals surface area contributed by atoms with Crippen molar-refractivity contribution >= 4 is 34.9 Å². The van der Waals surface area contributed by atoms with Gasteiger partial charge in [0.25, 0.3) is 0 Å². The first kappa shape index (κ1) is 16.6. The van der Waals surface area contributed by atoms with Crippen LogP contribution in [0.25, 0.3) is 0 Å². The zero-order valence-electron chi connectivity index (χ0n) is 12.8. The molecule has 2 amide bonds. The van der Waals surface area contributed by atoms with Gasteiger partial charge in [0.2, 0.25) is 0 Å². The molecule has 3 N–H and O–H groups in total. The normalized spacial score (nSPS) is 27.1. The number of rotatable bonds is 3. The van der Waals surface area contributed by atoms with Crippen LogP contribution in [0.1, 0.15) is 55.0 Å². The van der Waals surface area contributed by atoms with E-state index in [0.717, 1.165) is 42.0 Å². The van der Waals surface area contributed by atoms with Gasteiger partial charge in [0.05, 0.1) is 16.3 Å². The van der Waals surface area contributed by atoms with Crippen LogP contribution in [0.2, 0.25) is 4.34 Å². The molecule has 3 rings (SSSR count). The number of carbonyl (C=O) groups is 2. The van der Waals surface area contributed by atoms with E-state index >= 15 is 0 Å². The van der Waals surface area contributed by atoms with Crippen molar-refractivity contribution in [1.82, 2.24) is 10.6 Å². The number of aryl methyl sites for hydroxylation is 1. The molecule has 23 heavy (non-hydrogen) atoms. The van der Waals surface area contributed by atoms with E-state index in [0.29, 0.717) is 12.8 Å². The summed E-state index contributed by atoms with van der Waals surface area (Å²) in [6, 6.07) is 1.89. The summed E-state index contributed by atoms with van der Waals surface area (Å²) in [6.07, 6.45) is 5.74. The number of aliphatic carboxylic acids is 1. The van der Waals surface area contributed by atoms with Crippen LogP contribution in [0, 0.1) is 5.92 Å². The van der Waals surface area contributed by atoms with Crippen molar-refractivity contribution in [3.8, 4) is 0 Å². The van der Waals surface area contributed by atoms with Gasteiger partial charge in [-0.05, 0) is 56.6 Å². The Morgan fingerprint density at radius 2 is 1.91 bits per heavy atom. The van der Waals surface area contributed by atoms with Crippen molar-refractivity contribution in [3.05, 3.63) is 20.8 Å². The summed E-state index contributed by atoms with van der Waals surface area (Å²) < 4.78 is 0.774.